The Labute approximate surface area is 135 Å². The smallest absolute Gasteiger partial charge is 0.261 e. The van der Waals surface area contributed by atoms with Gasteiger partial charge < -0.3 is 10.1 Å². The van der Waals surface area contributed by atoms with Crippen molar-refractivity contribution in [2.24, 2.45) is 5.92 Å². The lowest BCUT2D eigenvalue weighted by molar-refractivity contribution is -0.128. The second kappa shape index (κ2) is 10.3. The molecule has 2 atom stereocenters. The van der Waals surface area contributed by atoms with Gasteiger partial charge in [0.25, 0.3) is 5.91 Å². The number of unbranched alkanes of at least 4 members (excludes halogenated alkanes) is 1. The first-order valence-corrected chi connectivity index (χ1v) is 8.62. The van der Waals surface area contributed by atoms with Crippen LogP contribution in [0.15, 0.2) is 24.3 Å². The van der Waals surface area contributed by atoms with Crippen molar-refractivity contribution in [2.45, 2.75) is 65.9 Å². The van der Waals surface area contributed by atoms with Gasteiger partial charge >= 0.3 is 0 Å². The van der Waals surface area contributed by atoms with Crippen LogP contribution in [0.1, 0.15) is 58.4 Å². The zero-order valence-corrected chi connectivity index (χ0v) is 14.5. The third-order valence-corrected chi connectivity index (χ3v) is 4.13. The van der Waals surface area contributed by atoms with Gasteiger partial charge in [0.2, 0.25) is 0 Å². The van der Waals surface area contributed by atoms with Crippen LogP contribution in [0.3, 0.4) is 0 Å². The minimum Gasteiger partial charge on any atom is -0.480 e. The fourth-order valence-electron chi connectivity index (χ4n) is 2.47. The second-order valence-electron chi connectivity index (χ2n) is 5.94. The van der Waals surface area contributed by atoms with Gasteiger partial charge in [-0.2, -0.15) is 0 Å². The van der Waals surface area contributed by atoms with Crippen molar-refractivity contribution >= 4 is 5.91 Å². The van der Waals surface area contributed by atoms with Crippen molar-refractivity contribution in [1.82, 2.24) is 5.32 Å². The van der Waals surface area contributed by atoms with Crippen LogP contribution in [0.4, 0.5) is 0 Å². The van der Waals surface area contributed by atoms with Crippen molar-refractivity contribution in [3.8, 4) is 5.75 Å². The van der Waals surface area contributed by atoms with Gasteiger partial charge in [-0.05, 0) is 37.3 Å². The summed E-state index contributed by atoms with van der Waals surface area (Å²) >= 11 is 0. The van der Waals surface area contributed by atoms with Crippen LogP contribution in [0.25, 0.3) is 0 Å². The number of nitrogens with one attached hydrogen (secondary N) is 1. The van der Waals surface area contributed by atoms with Gasteiger partial charge in [-0.25, -0.2) is 0 Å². The highest BCUT2D eigenvalue weighted by Gasteiger charge is 2.19. The highest BCUT2D eigenvalue weighted by molar-refractivity contribution is 5.81. The summed E-state index contributed by atoms with van der Waals surface area (Å²) in [4.78, 5) is 12.3. The molecule has 0 heterocycles. The molecular formula is C19H31NO2. The molecule has 0 aromatic heterocycles. The van der Waals surface area contributed by atoms with E-state index in [2.05, 4.69) is 19.2 Å². The molecule has 0 saturated carbocycles. The maximum absolute atomic E-state index is 12.3. The Morgan fingerprint density at radius 3 is 2.50 bits per heavy atom. The summed E-state index contributed by atoms with van der Waals surface area (Å²) in [5.74, 6) is 1.36. The molecule has 1 amide bonds. The van der Waals surface area contributed by atoms with Gasteiger partial charge in [0, 0.05) is 6.54 Å². The highest BCUT2D eigenvalue weighted by atomic mass is 16.5. The Hall–Kier alpha value is -1.51. The number of hydrogen-bond acceptors (Lipinski definition) is 2. The quantitative estimate of drug-likeness (QED) is 0.692. The lowest BCUT2D eigenvalue weighted by atomic mass is 9.99. The van der Waals surface area contributed by atoms with Crippen LogP contribution in [-0.4, -0.2) is 18.6 Å². The molecule has 1 rings (SSSR count). The van der Waals surface area contributed by atoms with E-state index in [1.165, 1.54) is 19.3 Å². The topological polar surface area (TPSA) is 38.3 Å². The van der Waals surface area contributed by atoms with Gasteiger partial charge in [-0.1, -0.05) is 58.2 Å². The molecule has 0 aliphatic heterocycles. The summed E-state index contributed by atoms with van der Waals surface area (Å²) in [7, 11) is 0. The fourth-order valence-corrected chi connectivity index (χ4v) is 2.47. The molecule has 0 unspecified atom stereocenters. The molecule has 3 nitrogen and oxygen atoms in total. The summed E-state index contributed by atoms with van der Waals surface area (Å²) in [6, 6.07) is 7.83. The molecule has 1 aromatic carbocycles. The van der Waals surface area contributed by atoms with Gasteiger partial charge in [0.1, 0.15) is 5.75 Å². The molecule has 124 valence electrons. The molecule has 1 aromatic rings. The number of amides is 1. The summed E-state index contributed by atoms with van der Waals surface area (Å²) in [6.07, 6.45) is 4.98. The maximum atomic E-state index is 12.3. The molecule has 0 spiro atoms. The number of rotatable bonds is 10. The van der Waals surface area contributed by atoms with E-state index in [1.807, 2.05) is 38.1 Å². The second-order valence-corrected chi connectivity index (χ2v) is 5.94. The van der Waals surface area contributed by atoms with E-state index < -0.39 is 6.10 Å². The fraction of sp³-hybridized carbons (Fsp3) is 0.632. The van der Waals surface area contributed by atoms with Crippen molar-refractivity contribution in [1.29, 1.82) is 0 Å². The normalized spacial score (nSPS) is 13.5. The zero-order valence-electron chi connectivity index (χ0n) is 14.5. The molecule has 0 bridgehead atoms. The van der Waals surface area contributed by atoms with E-state index in [-0.39, 0.29) is 5.91 Å². The van der Waals surface area contributed by atoms with E-state index in [0.29, 0.717) is 12.3 Å². The summed E-state index contributed by atoms with van der Waals surface area (Å²) < 4.78 is 5.89. The Balaban J connectivity index is 2.52. The SMILES string of the molecule is CCCC[C@@H](CC)CNC(=O)[C@@H](CC)Oc1ccccc1C. The largest absolute Gasteiger partial charge is 0.480 e. The highest BCUT2D eigenvalue weighted by Crippen LogP contribution is 2.19. The monoisotopic (exact) mass is 305 g/mol. The third-order valence-electron chi connectivity index (χ3n) is 4.13. The first kappa shape index (κ1) is 18.5. The number of benzene rings is 1. The standard InChI is InChI=1S/C19H31NO2/c1-5-8-12-16(6-2)14-20-19(21)17(7-3)22-18-13-10-9-11-15(18)4/h9-11,13,16-17H,5-8,12,14H2,1-4H3,(H,20,21)/t16-,17-/m1/s1. The Kier molecular flexibility index (Phi) is 8.64. The molecule has 0 aliphatic carbocycles. The number of carbonyl (C=O) groups excluding carboxylic acids is 1. The Morgan fingerprint density at radius 1 is 1.18 bits per heavy atom. The van der Waals surface area contributed by atoms with Crippen LogP contribution in [-0.2, 0) is 4.79 Å². The van der Waals surface area contributed by atoms with Crippen molar-refractivity contribution in [3.05, 3.63) is 29.8 Å². The minimum absolute atomic E-state index is 0.000650. The van der Waals surface area contributed by atoms with Gasteiger partial charge in [-0.15, -0.1) is 0 Å². The maximum Gasteiger partial charge on any atom is 0.261 e. The van der Waals surface area contributed by atoms with Crippen LogP contribution >= 0.6 is 0 Å². The van der Waals surface area contributed by atoms with Gasteiger partial charge in [0.05, 0.1) is 0 Å². The van der Waals surface area contributed by atoms with E-state index in [0.717, 1.165) is 24.3 Å². The van der Waals surface area contributed by atoms with E-state index in [1.54, 1.807) is 0 Å². The zero-order chi connectivity index (χ0) is 16.4. The van der Waals surface area contributed by atoms with Crippen molar-refractivity contribution < 1.29 is 9.53 Å². The Morgan fingerprint density at radius 2 is 1.91 bits per heavy atom. The molecule has 0 saturated heterocycles. The first-order chi connectivity index (χ1) is 10.6. The Bertz CT molecular complexity index is 445. The number of hydrogen-bond donors (Lipinski definition) is 1. The first-order valence-electron chi connectivity index (χ1n) is 8.62. The van der Waals surface area contributed by atoms with E-state index in [4.69, 9.17) is 4.74 Å². The lowest BCUT2D eigenvalue weighted by Crippen LogP contribution is -2.40. The molecule has 22 heavy (non-hydrogen) atoms. The summed E-state index contributed by atoms with van der Waals surface area (Å²) in [5, 5.41) is 3.07. The molecule has 0 radical (unpaired) electrons. The van der Waals surface area contributed by atoms with Gasteiger partial charge in [0.15, 0.2) is 6.10 Å². The molecule has 3 heteroatoms. The number of carbonyl (C=O) groups is 1. The number of para-hydroxylation sites is 1. The number of aryl methyl sites for hydroxylation is 1. The predicted octanol–water partition coefficient (Wildman–Crippen LogP) is 4.49. The minimum atomic E-state index is -0.412. The van der Waals surface area contributed by atoms with Gasteiger partial charge in [-0.3, -0.25) is 4.79 Å². The predicted molar refractivity (Wildman–Crippen MR) is 92.2 cm³/mol. The summed E-state index contributed by atoms with van der Waals surface area (Å²) in [5.41, 5.74) is 1.06. The van der Waals surface area contributed by atoms with Crippen molar-refractivity contribution in [3.63, 3.8) is 0 Å². The van der Waals surface area contributed by atoms with Crippen LogP contribution in [0.2, 0.25) is 0 Å². The molecule has 0 aliphatic rings. The van der Waals surface area contributed by atoms with Crippen LogP contribution in [0, 0.1) is 12.8 Å². The third kappa shape index (κ3) is 6.08. The van der Waals surface area contributed by atoms with E-state index >= 15 is 0 Å². The van der Waals surface area contributed by atoms with E-state index in [9.17, 15) is 4.79 Å². The van der Waals surface area contributed by atoms with Crippen LogP contribution < -0.4 is 10.1 Å². The van der Waals surface area contributed by atoms with Crippen LogP contribution in [0.5, 0.6) is 5.75 Å². The van der Waals surface area contributed by atoms with Crippen molar-refractivity contribution in [2.75, 3.05) is 6.54 Å². The average Bonchev–Trinajstić information content (AvgIpc) is 2.54. The number of ether oxygens (including phenoxy) is 1. The average molecular weight is 305 g/mol. The molecular weight excluding hydrogens is 274 g/mol. The lowest BCUT2D eigenvalue weighted by Gasteiger charge is -2.21. The molecule has 1 N–H and O–H groups in total. The summed E-state index contributed by atoms with van der Waals surface area (Å²) in [6.45, 7) is 9.12. The molecule has 0 fully saturated rings.